The first kappa shape index (κ1) is 19.9. The second-order valence-electron chi connectivity index (χ2n) is 7.37. The molecule has 2 aromatic rings. The first-order valence-electron chi connectivity index (χ1n) is 9.64. The van der Waals surface area contributed by atoms with E-state index in [0.29, 0.717) is 32.0 Å². The number of amides is 2. The number of carbonyl (C=O) groups excluding carboxylic acids is 2. The van der Waals surface area contributed by atoms with Crippen molar-refractivity contribution >= 4 is 11.8 Å². The van der Waals surface area contributed by atoms with E-state index in [1.165, 1.54) is 0 Å². The van der Waals surface area contributed by atoms with Crippen molar-refractivity contribution in [1.29, 1.82) is 0 Å². The average molecular weight is 385 g/mol. The zero-order chi connectivity index (χ0) is 20.1. The highest BCUT2D eigenvalue weighted by molar-refractivity contribution is 5.87. The van der Waals surface area contributed by atoms with Crippen LogP contribution in [0, 0.1) is 5.92 Å². The van der Waals surface area contributed by atoms with E-state index in [0.717, 1.165) is 17.0 Å². The molecule has 0 aliphatic carbocycles. The molecule has 2 amide bonds. The van der Waals surface area contributed by atoms with Gasteiger partial charge in [0.2, 0.25) is 11.8 Å². The van der Waals surface area contributed by atoms with E-state index in [1.54, 1.807) is 15.8 Å². The lowest BCUT2D eigenvalue weighted by molar-refractivity contribution is -0.142. The zero-order valence-electron chi connectivity index (χ0n) is 16.6. The van der Waals surface area contributed by atoms with Crippen LogP contribution in [0.1, 0.15) is 44.5 Å². The third-order valence-corrected chi connectivity index (χ3v) is 4.62. The number of hydrogen-bond acceptors (Lipinski definition) is 5. The molecule has 1 aromatic heterocycles. The predicted molar refractivity (Wildman–Crippen MR) is 103 cm³/mol. The zero-order valence-corrected chi connectivity index (χ0v) is 16.6. The van der Waals surface area contributed by atoms with Gasteiger partial charge in [0.15, 0.2) is 0 Å². The summed E-state index contributed by atoms with van der Waals surface area (Å²) < 4.78 is 7.17. The van der Waals surface area contributed by atoms with Crippen molar-refractivity contribution in [2.24, 2.45) is 5.92 Å². The molecule has 0 unspecified atom stereocenters. The molecule has 1 N–H and O–H groups in total. The first-order chi connectivity index (χ1) is 13.5. The van der Waals surface area contributed by atoms with Crippen molar-refractivity contribution in [3.8, 4) is 5.75 Å². The molecule has 8 nitrogen and oxygen atoms in total. The van der Waals surface area contributed by atoms with Gasteiger partial charge < -0.3 is 15.0 Å². The van der Waals surface area contributed by atoms with Gasteiger partial charge in [-0.2, -0.15) is 0 Å². The van der Waals surface area contributed by atoms with E-state index in [-0.39, 0.29) is 18.4 Å². The van der Waals surface area contributed by atoms with Crippen molar-refractivity contribution in [2.45, 2.75) is 46.3 Å². The number of rotatable bonds is 8. The van der Waals surface area contributed by atoms with Crippen LogP contribution in [0.2, 0.25) is 0 Å². The molecule has 8 heteroatoms. The maximum absolute atomic E-state index is 12.9. The topological polar surface area (TPSA) is 89.3 Å². The fraction of sp³-hybridized carbons (Fsp3) is 0.500. The smallest absolute Gasteiger partial charge is 0.248 e. The van der Waals surface area contributed by atoms with E-state index in [1.807, 2.05) is 31.2 Å². The Balaban J connectivity index is 1.61. The highest BCUT2D eigenvalue weighted by Crippen LogP contribution is 2.26. The Morgan fingerprint density at radius 1 is 1.39 bits per heavy atom. The number of aromatic nitrogens is 3. The van der Waals surface area contributed by atoms with Gasteiger partial charge in [-0.1, -0.05) is 31.2 Å². The molecular formula is C20H27N5O3. The summed E-state index contributed by atoms with van der Waals surface area (Å²) in [5, 5.41) is 10.9. The van der Waals surface area contributed by atoms with Crippen molar-refractivity contribution in [3.05, 3.63) is 41.7 Å². The number of carbonyl (C=O) groups is 2. The molecule has 0 fully saturated rings. The van der Waals surface area contributed by atoms with Crippen LogP contribution in [-0.4, -0.2) is 44.9 Å². The Morgan fingerprint density at radius 2 is 2.21 bits per heavy atom. The third-order valence-electron chi connectivity index (χ3n) is 4.62. The van der Waals surface area contributed by atoms with Crippen LogP contribution in [0.3, 0.4) is 0 Å². The minimum absolute atomic E-state index is 0.0176. The van der Waals surface area contributed by atoms with Gasteiger partial charge in [0, 0.05) is 6.54 Å². The van der Waals surface area contributed by atoms with E-state index >= 15 is 0 Å². The monoisotopic (exact) mass is 385 g/mol. The van der Waals surface area contributed by atoms with Crippen molar-refractivity contribution in [2.75, 3.05) is 13.2 Å². The SMILES string of the molecule is CCOc1cccc(CNC(=O)CN2Cc3cnnn3[C@@H](CC(C)C)C2=O)c1. The molecule has 0 saturated carbocycles. The van der Waals surface area contributed by atoms with E-state index in [4.69, 9.17) is 4.74 Å². The number of ether oxygens (including phenoxy) is 1. The van der Waals surface area contributed by atoms with Crippen LogP contribution in [0.25, 0.3) is 0 Å². The van der Waals surface area contributed by atoms with Gasteiger partial charge in [-0.15, -0.1) is 5.10 Å². The van der Waals surface area contributed by atoms with Crippen molar-refractivity contribution in [3.63, 3.8) is 0 Å². The molecular weight excluding hydrogens is 358 g/mol. The van der Waals surface area contributed by atoms with Crippen LogP contribution in [0.5, 0.6) is 5.75 Å². The van der Waals surface area contributed by atoms with Gasteiger partial charge in [-0.3, -0.25) is 9.59 Å². The Hall–Kier alpha value is -2.90. The van der Waals surface area contributed by atoms with E-state index in [9.17, 15) is 9.59 Å². The maximum Gasteiger partial charge on any atom is 0.248 e. The van der Waals surface area contributed by atoms with Crippen LogP contribution in [-0.2, 0) is 22.7 Å². The molecule has 1 aromatic carbocycles. The molecule has 28 heavy (non-hydrogen) atoms. The van der Waals surface area contributed by atoms with E-state index in [2.05, 4.69) is 29.5 Å². The Morgan fingerprint density at radius 3 is 2.96 bits per heavy atom. The van der Waals surface area contributed by atoms with Gasteiger partial charge in [-0.05, 0) is 37.0 Å². The van der Waals surface area contributed by atoms with Gasteiger partial charge >= 0.3 is 0 Å². The second kappa shape index (κ2) is 8.86. The minimum atomic E-state index is -0.401. The second-order valence-corrected chi connectivity index (χ2v) is 7.37. The van der Waals surface area contributed by atoms with Crippen LogP contribution in [0.4, 0.5) is 0 Å². The lowest BCUT2D eigenvalue weighted by atomic mass is 10.0. The number of nitrogens with one attached hydrogen (secondary N) is 1. The maximum atomic E-state index is 12.9. The summed E-state index contributed by atoms with van der Waals surface area (Å²) in [6.07, 6.45) is 2.32. The number of hydrogen-bond donors (Lipinski definition) is 1. The third kappa shape index (κ3) is 4.68. The molecule has 1 atom stereocenters. The summed E-state index contributed by atoms with van der Waals surface area (Å²) in [6, 6.07) is 7.21. The Kier molecular flexibility index (Phi) is 6.28. The quantitative estimate of drug-likeness (QED) is 0.750. The molecule has 1 aliphatic heterocycles. The summed E-state index contributed by atoms with van der Waals surface area (Å²) in [5.41, 5.74) is 1.80. The first-order valence-corrected chi connectivity index (χ1v) is 9.64. The molecule has 0 bridgehead atoms. The molecule has 2 heterocycles. The van der Waals surface area contributed by atoms with Gasteiger partial charge in [0.25, 0.3) is 0 Å². The fourth-order valence-corrected chi connectivity index (χ4v) is 3.35. The largest absolute Gasteiger partial charge is 0.494 e. The van der Waals surface area contributed by atoms with Crippen LogP contribution in [0.15, 0.2) is 30.5 Å². The molecule has 0 radical (unpaired) electrons. The lowest BCUT2D eigenvalue weighted by Gasteiger charge is -2.33. The molecule has 0 spiro atoms. The summed E-state index contributed by atoms with van der Waals surface area (Å²) in [7, 11) is 0. The van der Waals surface area contributed by atoms with Gasteiger partial charge in [-0.25, -0.2) is 4.68 Å². The van der Waals surface area contributed by atoms with Crippen LogP contribution < -0.4 is 10.1 Å². The highest BCUT2D eigenvalue weighted by Gasteiger charge is 2.35. The summed E-state index contributed by atoms with van der Waals surface area (Å²) in [6.45, 7) is 7.39. The fourth-order valence-electron chi connectivity index (χ4n) is 3.35. The highest BCUT2D eigenvalue weighted by atomic mass is 16.5. The molecule has 0 saturated heterocycles. The predicted octanol–water partition coefficient (Wildman–Crippen LogP) is 1.92. The van der Waals surface area contributed by atoms with Gasteiger partial charge in [0.05, 0.1) is 25.0 Å². The van der Waals surface area contributed by atoms with Crippen LogP contribution >= 0.6 is 0 Å². The lowest BCUT2D eigenvalue weighted by Crippen LogP contribution is -2.47. The van der Waals surface area contributed by atoms with Gasteiger partial charge in [0.1, 0.15) is 18.3 Å². The number of fused-ring (bicyclic) bond motifs is 1. The summed E-state index contributed by atoms with van der Waals surface area (Å²) in [4.78, 5) is 26.9. The summed E-state index contributed by atoms with van der Waals surface area (Å²) >= 11 is 0. The Labute approximate surface area is 164 Å². The molecule has 3 rings (SSSR count). The standard InChI is InChI=1S/C20H27N5O3/c1-4-28-17-7-5-6-15(9-17)10-21-19(26)13-24-12-16-11-22-23-25(16)18(20(24)27)8-14(2)3/h5-7,9,11,14,18H,4,8,10,12-13H2,1-3H3,(H,21,26)/t18-/m0/s1. The minimum Gasteiger partial charge on any atom is -0.494 e. The van der Waals surface area contributed by atoms with E-state index < -0.39 is 6.04 Å². The number of nitrogens with zero attached hydrogens (tertiary/aromatic N) is 4. The summed E-state index contributed by atoms with van der Waals surface area (Å²) in [5.74, 6) is 0.828. The molecule has 1 aliphatic rings. The average Bonchev–Trinajstić information content (AvgIpc) is 3.12. The molecule has 150 valence electrons. The normalized spacial score (nSPS) is 16.2. The van der Waals surface area contributed by atoms with Crippen molar-refractivity contribution < 1.29 is 14.3 Å². The van der Waals surface area contributed by atoms with Crippen molar-refractivity contribution in [1.82, 2.24) is 25.2 Å². The number of benzene rings is 1. The Bertz CT molecular complexity index is 833.